The van der Waals surface area contributed by atoms with Crippen molar-refractivity contribution in [2.45, 2.75) is 154 Å². The third-order valence-corrected chi connectivity index (χ3v) is 12.6. The van der Waals surface area contributed by atoms with Crippen molar-refractivity contribution in [1.29, 1.82) is 0 Å². The Balaban J connectivity index is 1.11. The summed E-state index contributed by atoms with van der Waals surface area (Å²) in [6.07, 6.45) is 6.72. The first-order valence-electron chi connectivity index (χ1n) is 20.3. The van der Waals surface area contributed by atoms with E-state index in [0.29, 0.717) is 38.0 Å². The quantitative estimate of drug-likeness (QED) is 0.402. The summed E-state index contributed by atoms with van der Waals surface area (Å²) in [5.74, 6) is -0.250. The lowest BCUT2D eigenvalue weighted by Gasteiger charge is -2.60. The Morgan fingerprint density at radius 3 is 2.37 bits per heavy atom. The number of alkyl carbamates (subject to hydrolysis) is 1. The summed E-state index contributed by atoms with van der Waals surface area (Å²) in [7, 11) is -0.591. The van der Waals surface area contributed by atoms with Gasteiger partial charge in [-0.2, -0.15) is 0 Å². The largest absolute Gasteiger partial charge is 0.481 e. The van der Waals surface area contributed by atoms with Crippen LogP contribution in [0.15, 0.2) is 24.3 Å². The van der Waals surface area contributed by atoms with Gasteiger partial charge >= 0.3 is 19.3 Å². The first kappa shape index (κ1) is 38.9. The topological polar surface area (TPSA) is 145 Å². The number of rotatable bonds is 3. The minimum Gasteiger partial charge on any atom is -0.444 e. The van der Waals surface area contributed by atoms with Crippen LogP contribution in [-0.2, 0) is 46.2 Å². The zero-order chi connectivity index (χ0) is 38.2. The molecule has 1 aromatic rings. The van der Waals surface area contributed by atoms with Crippen LogP contribution >= 0.6 is 0 Å². The maximum absolute atomic E-state index is 14.5. The number of hydrogen-bond acceptors (Lipinski definition) is 9. The Labute approximate surface area is 320 Å². The highest BCUT2D eigenvalue weighted by Crippen LogP contribution is 2.61. The summed E-state index contributed by atoms with van der Waals surface area (Å²) in [5.41, 5.74) is 1.55. The monoisotopic (exact) mass is 750 g/mol. The number of carbonyl (C=O) groups excluding carboxylic acids is 4. The normalized spacial score (nSPS) is 33.1. The van der Waals surface area contributed by atoms with Crippen LogP contribution in [0.4, 0.5) is 9.59 Å². The Kier molecular flexibility index (Phi) is 11.5. The summed E-state index contributed by atoms with van der Waals surface area (Å²) in [6.45, 7) is 11.1. The van der Waals surface area contributed by atoms with Crippen LogP contribution in [-0.4, -0.2) is 103 Å². The van der Waals surface area contributed by atoms with Gasteiger partial charge in [0.05, 0.1) is 31.3 Å². The number of ether oxygens (including phenoxy) is 3. The molecule has 3 aliphatic carbocycles. The molecule has 8 rings (SSSR count). The predicted molar refractivity (Wildman–Crippen MR) is 200 cm³/mol. The van der Waals surface area contributed by atoms with Crippen LogP contribution in [0.5, 0.6) is 0 Å². The second kappa shape index (κ2) is 16.0. The molecule has 6 fully saturated rings. The van der Waals surface area contributed by atoms with Gasteiger partial charge in [-0.3, -0.25) is 14.5 Å². The first-order valence-corrected chi connectivity index (χ1v) is 20.3. The van der Waals surface area contributed by atoms with E-state index in [9.17, 15) is 19.2 Å². The third-order valence-electron chi connectivity index (χ3n) is 12.6. The minimum atomic E-state index is -1.12. The fourth-order valence-electron chi connectivity index (χ4n) is 9.46. The van der Waals surface area contributed by atoms with Crippen LogP contribution in [0.2, 0.25) is 0 Å². The van der Waals surface area contributed by atoms with E-state index in [-0.39, 0.29) is 43.1 Å². The van der Waals surface area contributed by atoms with Crippen molar-refractivity contribution in [3.63, 3.8) is 0 Å². The highest BCUT2D eigenvalue weighted by molar-refractivity contribution is 6.47. The third kappa shape index (κ3) is 8.55. The summed E-state index contributed by atoms with van der Waals surface area (Å²) in [4.78, 5) is 58.5. The van der Waals surface area contributed by atoms with Crippen molar-refractivity contribution in [3.05, 3.63) is 35.4 Å². The lowest BCUT2D eigenvalue weighted by atomic mass is 9.47. The molecule has 1 aromatic carbocycles. The predicted octanol–water partition coefficient (Wildman–Crippen LogP) is 5.12. The maximum atomic E-state index is 14.5. The smallest absolute Gasteiger partial charge is 0.444 e. The highest BCUT2D eigenvalue weighted by atomic mass is 16.7. The van der Waals surface area contributed by atoms with Crippen LogP contribution in [0, 0.1) is 17.3 Å². The standard InChI is InChI=1S/C40H59BN4O9/c1-39(2,3)52-37(48)42-30-24-50-17-13-9-7-6-8-10-16-33(41-53-32-19-27-18-29(34(32)54-41)40(27,4)5)43-35(46)31-20-28(23-45(31)36(30)47)51-38(49)44-21-25-14-11-12-15-26(25)22-44/h11-12,14-15,27-34H,6-10,13,16-24H2,1-5H3,(H,42,48)(H,43,46)/t27?,28-,29?,30+,31+,32?,33-,34?/m1/s1. The molecule has 4 unspecified atom stereocenters. The second-order valence-electron chi connectivity index (χ2n) is 17.9. The number of fused-ring (bicyclic) bond motifs is 2. The summed E-state index contributed by atoms with van der Waals surface area (Å²) >= 11 is 0. The number of nitrogens with one attached hydrogen (secondary N) is 2. The average Bonchev–Trinajstić information content (AvgIpc) is 3.86. The maximum Gasteiger partial charge on any atom is 0.481 e. The average molecular weight is 751 g/mol. The number of benzene rings is 1. The molecule has 4 aliphatic heterocycles. The molecular weight excluding hydrogens is 691 g/mol. The molecule has 3 saturated heterocycles. The summed E-state index contributed by atoms with van der Waals surface area (Å²) < 4.78 is 30.8. The van der Waals surface area contributed by atoms with Gasteiger partial charge in [0, 0.05) is 26.1 Å². The van der Waals surface area contributed by atoms with Gasteiger partial charge in [0.15, 0.2) is 0 Å². The number of carbonyl (C=O) groups is 4. The lowest BCUT2D eigenvalue weighted by Crippen LogP contribution is -2.59. The molecule has 0 aromatic heterocycles. The van der Waals surface area contributed by atoms with Gasteiger partial charge in [-0.15, -0.1) is 0 Å². The molecule has 13 nitrogen and oxygen atoms in total. The Morgan fingerprint density at radius 1 is 0.963 bits per heavy atom. The van der Waals surface area contributed by atoms with E-state index in [2.05, 4.69) is 24.5 Å². The van der Waals surface area contributed by atoms with Crippen molar-refractivity contribution < 1.29 is 42.7 Å². The molecular formula is C40H59BN4O9. The van der Waals surface area contributed by atoms with Crippen molar-refractivity contribution >= 4 is 31.1 Å². The van der Waals surface area contributed by atoms with E-state index >= 15 is 0 Å². The number of hydrogen-bond donors (Lipinski definition) is 2. The van der Waals surface area contributed by atoms with Gasteiger partial charge in [-0.1, -0.05) is 70.2 Å². The van der Waals surface area contributed by atoms with Crippen LogP contribution in [0.3, 0.4) is 0 Å². The first-order chi connectivity index (χ1) is 25.8. The van der Waals surface area contributed by atoms with Gasteiger partial charge in [0.2, 0.25) is 11.8 Å². The highest BCUT2D eigenvalue weighted by Gasteiger charge is 2.63. The number of amides is 4. The molecule has 14 heteroatoms. The molecule has 4 heterocycles. The van der Waals surface area contributed by atoms with E-state index in [1.165, 1.54) is 4.90 Å². The van der Waals surface area contributed by atoms with E-state index in [4.69, 9.17) is 23.5 Å². The SMILES string of the molecule is CC(C)(C)OC(=O)N[C@H]1COCCCCCCCC[C@H](B2OC3CC4CC(C3O2)C4(C)C)NC(=O)[C@@H]2C[C@@H](OC(=O)N3Cc4ccccc4C3)CN2C1=O. The Hall–Kier alpha value is -3.36. The Bertz CT molecular complexity index is 1530. The molecule has 2 bridgehead atoms. The van der Waals surface area contributed by atoms with Crippen molar-refractivity contribution in [1.82, 2.24) is 20.4 Å². The van der Waals surface area contributed by atoms with Crippen LogP contribution < -0.4 is 10.6 Å². The Morgan fingerprint density at radius 2 is 1.67 bits per heavy atom. The fraction of sp³-hybridized carbons (Fsp3) is 0.750. The number of nitrogens with zero attached hydrogens (tertiary/aromatic N) is 2. The van der Waals surface area contributed by atoms with E-state index < -0.39 is 54.9 Å². The van der Waals surface area contributed by atoms with E-state index in [1.807, 2.05) is 24.3 Å². The molecule has 8 atom stereocenters. The van der Waals surface area contributed by atoms with Crippen molar-refractivity contribution in [3.8, 4) is 0 Å². The molecule has 4 amide bonds. The van der Waals surface area contributed by atoms with Gasteiger partial charge in [0.1, 0.15) is 23.8 Å². The molecule has 0 spiro atoms. The van der Waals surface area contributed by atoms with E-state index in [1.54, 1.807) is 25.7 Å². The lowest BCUT2D eigenvalue weighted by molar-refractivity contribution is -0.150. The van der Waals surface area contributed by atoms with Gasteiger partial charge in [-0.05, 0) is 74.8 Å². The van der Waals surface area contributed by atoms with Crippen LogP contribution in [0.1, 0.15) is 110 Å². The zero-order valence-corrected chi connectivity index (χ0v) is 32.7. The molecule has 0 radical (unpaired) electrons. The minimum absolute atomic E-state index is 0.000715. The zero-order valence-electron chi connectivity index (χ0n) is 32.7. The summed E-state index contributed by atoms with van der Waals surface area (Å²) in [6, 6.07) is 5.79. The second-order valence-corrected chi connectivity index (χ2v) is 17.9. The molecule has 7 aliphatic rings. The van der Waals surface area contributed by atoms with Crippen LogP contribution in [0.25, 0.3) is 0 Å². The molecule has 296 valence electrons. The molecule has 2 N–H and O–H groups in total. The van der Waals surface area contributed by atoms with Crippen molar-refractivity contribution in [2.24, 2.45) is 17.3 Å². The molecule has 3 saturated carbocycles. The van der Waals surface area contributed by atoms with Gasteiger partial charge < -0.3 is 39.1 Å². The van der Waals surface area contributed by atoms with Crippen molar-refractivity contribution in [2.75, 3.05) is 19.8 Å². The van der Waals surface area contributed by atoms with Gasteiger partial charge in [-0.25, -0.2) is 9.59 Å². The van der Waals surface area contributed by atoms with E-state index in [0.717, 1.165) is 62.5 Å². The molecule has 54 heavy (non-hydrogen) atoms. The summed E-state index contributed by atoms with van der Waals surface area (Å²) in [5, 5.41) is 5.96. The fourth-order valence-corrected chi connectivity index (χ4v) is 9.46. The van der Waals surface area contributed by atoms with Gasteiger partial charge in [0.25, 0.3) is 0 Å².